The Kier molecular flexibility index (Phi) is 5.71. The Morgan fingerprint density at radius 2 is 2.00 bits per heavy atom. The van der Waals surface area contributed by atoms with Gasteiger partial charge < -0.3 is 15.7 Å². The van der Waals surface area contributed by atoms with E-state index in [0.29, 0.717) is 17.7 Å². The van der Waals surface area contributed by atoms with Crippen molar-refractivity contribution in [3.63, 3.8) is 0 Å². The highest BCUT2D eigenvalue weighted by Gasteiger charge is 2.22. The van der Waals surface area contributed by atoms with Crippen molar-refractivity contribution in [2.75, 3.05) is 5.32 Å². The van der Waals surface area contributed by atoms with Gasteiger partial charge in [0.1, 0.15) is 5.82 Å². The van der Waals surface area contributed by atoms with Crippen LogP contribution in [0, 0.1) is 12.7 Å². The molecular weight excluding hydrogens is 343 g/mol. The van der Waals surface area contributed by atoms with E-state index < -0.39 is 23.4 Å². The molecule has 0 aliphatic rings. The maximum Gasteiger partial charge on any atom is 0.319 e. The number of benzene rings is 1. The second kappa shape index (κ2) is 6.89. The molecule has 1 rings (SSSR count). The Balaban J connectivity index is 2.74. The lowest BCUT2D eigenvalue weighted by atomic mass is 9.99. The van der Waals surface area contributed by atoms with Crippen LogP contribution in [0.15, 0.2) is 16.6 Å². The zero-order valence-electron chi connectivity index (χ0n) is 12.1. The van der Waals surface area contributed by atoms with E-state index in [0.717, 1.165) is 0 Å². The molecule has 0 aliphatic heterocycles. The van der Waals surface area contributed by atoms with Gasteiger partial charge >= 0.3 is 12.0 Å². The molecule has 116 valence electrons. The second-order valence-corrected chi connectivity index (χ2v) is 6.20. The van der Waals surface area contributed by atoms with E-state index in [1.54, 1.807) is 26.8 Å². The van der Waals surface area contributed by atoms with E-state index in [4.69, 9.17) is 5.11 Å². The number of aliphatic carboxylic acids is 1. The summed E-state index contributed by atoms with van der Waals surface area (Å²) in [6.45, 7) is 5.20. The molecule has 21 heavy (non-hydrogen) atoms. The largest absolute Gasteiger partial charge is 0.481 e. The SMILES string of the molecule is Cc1ccc(F)c(Br)c1NC(=O)NC(C)(C)CCC(=O)O. The first-order valence-electron chi connectivity index (χ1n) is 6.38. The first-order chi connectivity index (χ1) is 9.62. The van der Waals surface area contributed by atoms with Gasteiger partial charge in [0.25, 0.3) is 0 Å². The number of carbonyl (C=O) groups is 2. The van der Waals surface area contributed by atoms with Crippen molar-refractivity contribution >= 4 is 33.6 Å². The van der Waals surface area contributed by atoms with Crippen molar-refractivity contribution in [1.82, 2.24) is 5.32 Å². The van der Waals surface area contributed by atoms with Crippen molar-refractivity contribution in [3.8, 4) is 0 Å². The van der Waals surface area contributed by atoms with Gasteiger partial charge in [-0.2, -0.15) is 0 Å². The predicted octanol–water partition coefficient (Wildman–Crippen LogP) is 3.66. The van der Waals surface area contributed by atoms with Crippen LogP contribution in [-0.4, -0.2) is 22.6 Å². The Hall–Kier alpha value is -1.63. The van der Waals surface area contributed by atoms with E-state index >= 15 is 0 Å². The zero-order chi connectivity index (χ0) is 16.2. The highest BCUT2D eigenvalue weighted by Crippen LogP contribution is 2.29. The van der Waals surface area contributed by atoms with Crippen LogP contribution >= 0.6 is 15.9 Å². The van der Waals surface area contributed by atoms with Gasteiger partial charge in [0.05, 0.1) is 10.2 Å². The van der Waals surface area contributed by atoms with E-state index in [1.807, 2.05) is 0 Å². The van der Waals surface area contributed by atoms with Crippen LogP contribution in [0.1, 0.15) is 32.3 Å². The lowest BCUT2D eigenvalue weighted by Crippen LogP contribution is -2.45. The molecule has 0 aliphatic carbocycles. The van der Waals surface area contributed by atoms with Crippen molar-refractivity contribution in [2.24, 2.45) is 0 Å². The molecule has 0 unspecified atom stereocenters. The second-order valence-electron chi connectivity index (χ2n) is 5.41. The highest BCUT2D eigenvalue weighted by atomic mass is 79.9. The molecule has 0 aromatic heterocycles. The minimum atomic E-state index is -0.922. The first kappa shape index (κ1) is 17.4. The molecule has 2 amide bonds. The fourth-order valence-corrected chi connectivity index (χ4v) is 2.28. The number of aryl methyl sites for hydroxylation is 1. The fraction of sp³-hybridized carbons (Fsp3) is 0.429. The average molecular weight is 361 g/mol. The number of urea groups is 1. The fourth-order valence-electron chi connectivity index (χ4n) is 1.73. The molecule has 1 aromatic rings. The van der Waals surface area contributed by atoms with Crippen molar-refractivity contribution < 1.29 is 19.1 Å². The van der Waals surface area contributed by atoms with E-state index in [-0.39, 0.29) is 10.9 Å². The molecule has 0 atom stereocenters. The predicted molar refractivity (Wildman–Crippen MR) is 81.9 cm³/mol. The summed E-state index contributed by atoms with van der Waals surface area (Å²) in [5, 5.41) is 13.9. The summed E-state index contributed by atoms with van der Waals surface area (Å²) >= 11 is 3.09. The van der Waals surface area contributed by atoms with Crippen LogP contribution in [-0.2, 0) is 4.79 Å². The van der Waals surface area contributed by atoms with Gasteiger partial charge in [0, 0.05) is 12.0 Å². The van der Waals surface area contributed by atoms with Crippen LogP contribution < -0.4 is 10.6 Å². The third-order valence-corrected chi connectivity index (χ3v) is 3.73. The lowest BCUT2D eigenvalue weighted by Gasteiger charge is -2.26. The summed E-state index contributed by atoms with van der Waals surface area (Å²) in [5.74, 6) is -1.39. The number of hydrogen-bond donors (Lipinski definition) is 3. The van der Waals surface area contributed by atoms with Crippen LogP contribution in [0.4, 0.5) is 14.9 Å². The van der Waals surface area contributed by atoms with Crippen LogP contribution in [0.2, 0.25) is 0 Å². The molecule has 0 bridgehead atoms. The highest BCUT2D eigenvalue weighted by molar-refractivity contribution is 9.10. The van der Waals surface area contributed by atoms with E-state index in [2.05, 4.69) is 26.6 Å². The molecule has 0 radical (unpaired) electrons. The molecular formula is C14H18BrFN2O3. The summed E-state index contributed by atoms with van der Waals surface area (Å²) in [7, 11) is 0. The van der Waals surface area contributed by atoms with Crippen LogP contribution in [0.3, 0.4) is 0 Å². The number of rotatable bonds is 5. The van der Waals surface area contributed by atoms with Gasteiger partial charge in [-0.15, -0.1) is 0 Å². The summed E-state index contributed by atoms with van der Waals surface area (Å²) in [6.07, 6.45) is 0.245. The maximum atomic E-state index is 13.5. The third-order valence-electron chi connectivity index (χ3n) is 2.96. The third kappa shape index (κ3) is 5.34. The normalized spacial score (nSPS) is 11.1. The van der Waals surface area contributed by atoms with E-state index in [9.17, 15) is 14.0 Å². The Bertz CT molecular complexity index is 561. The zero-order valence-corrected chi connectivity index (χ0v) is 13.7. The standard InChI is InChI=1S/C14H18BrFN2O3/c1-8-4-5-9(16)11(15)12(8)17-13(21)18-14(2,3)7-6-10(19)20/h4-5H,6-7H2,1-3H3,(H,19,20)(H2,17,18,21). The quantitative estimate of drug-likeness (QED) is 0.749. The number of halogens is 2. The Labute approximate surface area is 131 Å². The number of nitrogens with one attached hydrogen (secondary N) is 2. The molecule has 0 heterocycles. The van der Waals surface area contributed by atoms with Gasteiger partial charge in [-0.3, -0.25) is 4.79 Å². The number of hydrogen-bond acceptors (Lipinski definition) is 2. The Morgan fingerprint density at radius 1 is 1.38 bits per heavy atom. The number of anilines is 1. The molecule has 0 saturated carbocycles. The minimum absolute atomic E-state index is 0.0457. The summed E-state index contributed by atoms with van der Waals surface area (Å²) in [4.78, 5) is 22.5. The number of amides is 2. The molecule has 0 spiro atoms. The molecule has 5 nitrogen and oxygen atoms in total. The lowest BCUT2D eigenvalue weighted by molar-refractivity contribution is -0.137. The van der Waals surface area contributed by atoms with Crippen LogP contribution in [0.25, 0.3) is 0 Å². The summed E-state index contributed by atoms with van der Waals surface area (Å²) in [5.41, 5.74) is 0.374. The number of carboxylic acids is 1. The van der Waals surface area contributed by atoms with Gasteiger partial charge in [0.15, 0.2) is 0 Å². The smallest absolute Gasteiger partial charge is 0.319 e. The number of carboxylic acid groups (broad SMARTS) is 1. The molecule has 7 heteroatoms. The monoisotopic (exact) mass is 360 g/mol. The van der Waals surface area contributed by atoms with Crippen molar-refractivity contribution in [1.29, 1.82) is 0 Å². The summed E-state index contributed by atoms with van der Waals surface area (Å²) in [6, 6.07) is 2.35. The topological polar surface area (TPSA) is 78.4 Å². The molecule has 0 saturated heterocycles. The maximum absolute atomic E-state index is 13.5. The molecule has 0 fully saturated rings. The Morgan fingerprint density at radius 3 is 2.57 bits per heavy atom. The molecule has 3 N–H and O–H groups in total. The minimum Gasteiger partial charge on any atom is -0.481 e. The van der Waals surface area contributed by atoms with E-state index in [1.165, 1.54) is 6.07 Å². The summed E-state index contributed by atoms with van der Waals surface area (Å²) < 4.78 is 13.7. The molecule has 1 aromatic carbocycles. The first-order valence-corrected chi connectivity index (χ1v) is 7.17. The average Bonchev–Trinajstić information content (AvgIpc) is 2.36. The number of carbonyl (C=O) groups excluding carboxylic acids is 1. The van der Waals surface area contributed by atoms with Crippen LogP contribution in [0.5, 0.6) is 0 Å². The van der Waals surface area contributed by atoms with Gasteiger partial charge in [-0.05, 0) is 54.8 Å². The van der Waals surface area contributed by atoms with Gasteiger partial charge in [0.2, 0.25) is 0 Å². The van der Waals surface area contributed by atoms with Crippen molar-refractivity contribution in [3.05, 3.63) is 28.0 Å². The van der Waals surface area contributed by atoms with Gasteiger partial charge in [-0.1, -0.05) is 6.07 Å². The van der Waals surface area contributed by atoms with Crippen molar-refractivity contribution in [2.45, 2.75) is 39.2 Å². The van der Waals surface area contributed by atoms with Gasteiger partial charge in [-0.25, -0.2) is 9.18 Å².